The minimum absolute atomic E-state index is 0. The van der Waals surface area contributed by atoms with Crippen molar-refractivity contribution in [1.29, 1.82) is 0 Å². The van der Waals surface area contributed by atoms with Gasteiger partial charge in [0, 0.05) is 6.42 Å². The van der Waals surface area contributed by atoms with E-state index in [1.54, 1.807) is 165 Å². The molecule has 0 radical (unpaired) electrons. The summed E-state index contributed by atoms with van der Waals surface area (Å²) in [5.41, 5.74) is 1.75. The molecule has 6 aromatic carbocycles. The Morgan fingerprint density at radius 3 is 0.991 bits per heavy atom. The Hall–Kier alpha value is -10.1. The Morgan fingerprint density at radius 2 is 0.623 bits per heavy atom. The van der Waals surface area contributed by atoms with Crippen molar-refractivity contribution >= 4 is 59.7 Å². The van der Waals surface area contributed by atoms with E-state index in [4.69, 9.17) is 62.5 Å². The summed E-state index contributed by atoms with van der Waals surface area (Å²) in [4.78, 5) is 151. The van der Waals surface area contributed by atoms with Crippen LogP contribution in [0.1, 0.15) is 262 Å². The third-order valence-electron chi connectivity index (χ3n) is 18.7. The van der Waals surface area contributed by atoms with Crippen molar-refractivity contribution in [3.8, 4) is 0 Å². The number of carbonyl (C=O) groups excluding carboxylic acids is 10. The number of benzene rings is 6. The second-order valence-electron chi connectivity index (χ2n) is 27.1. The van der Waals surface area contributed by atoms with Crippen molar-refractivity contribution in [3.05, 3.63) is 215 Å². The third-order valence-corrected chi connectivity index (χ3v) is 18.7. The van der Waals surface area contributed by atoms with Gasteiger partial charge in [-0.05, 0) is 138 Å². The molecule has 0 amide bonds. The lowest BCUT2D eigenvalue weighted by Crippen LogP contribution is -2.40. The number of ether oxygens (including phenoxy) is 7. The highest BCUT2D eigenvalue weighted by Gasteiger charge is 2.36. The van der Waals surface area contributed by atoms with Gasteiger partial charge >= 0.3 is 59.7 Å². The van der Waals surface area contributed by atoms with Gasteiger partial charge in [-0.25, -0.2) is 38.4 Å². The van der Waals surface area contributed by atoms with Crippen LogP contribution in [0.4, 0.5) is 0 Å². The van der Waals surface area contributed by atoms with E-state index >= 15 is 0 Å². The van der Waals surface area contributed by atoms with Crippen LogP contribution in [-0.4, -0.2) is 125 Å². The van der Waals surface area contributed by atoms with Crippen LogP contribution in [0.25, 0.3) is 0 Å². The number of hydrogen-bond donors (Lipinski definition) is 0. The van der Waals surface area contributed by atoms with Gasteiger partial charge in [0.1, 0.15) is 45.7 Å². The Morgan fingerprint density at radius 1 is 0.316 bits per heavy atom. The molecule has 628 valence electrons. The summed E-state index contributed by atoms with van der Waals surface area (Å²) in [7, 11) is 0. The van der Waals surface area contributed by atoms with E-state index in [9.17, 15) is 47.9 Å². The van der Waals surface area contributed by atoms with Gasteiger partial charge in [-0.2, -0.15) is 14.7 Å². The smallest absolute Gasteiger partial charge is 0.373 e. The molecule has 0 N–H and O–H groups in total. The van der Waals surface area contributed by atoms with Gasteiger partial charge < -0.3 is 33.2 Å². The minimum Gasteiger partial charge on any atom is -0.465 e. The molecule has 0 saturated heterocycles. The quantitative estimate of drug-likeness (QED) is 0.0125. The van der Waals surface area contributed by atoms with Crippen LogP contribution in [0.15, 0.2) is 182 Å². The number of esters is 7. The SMILES string of the molecule is C.C.C.C.C.C.CC(COC(=O)c1ccccc1)OOC(=O)C1CCCCC1.CCC(COC(=O)c1ccccc1)(COC(=O)c1ccccc1)COC(=O)C1CCCCC1.O=C(OCC(COOC(=O)c1ccccc1)OC(=O)C1CCCCC1)c1ccccc1.O=C(OCCCOOC(=O)C1CCCCC1)c1ccccc1. The molecule has 0 aliphatic heterocycles. The van der Waals surface area contributed by atoms with E-state index in [0.717, 1.165) is 116 Å². The van der Waals surface area contributed by atoms with Crippen molar-refractivity contribution in [1.82, 2.24) is 0 Å². The molecule has 4 aliphatic rings. The zero-order valence-electron chi connectivity index (χ0n) is 61.9. The minimum atomic E-state index is -0.898. The molecule has 2 atom stereocenters. The molecular formula is C91H126O23. The van der Waals surface area contributed by atoms with E-state index < -0.39 is 47.5 Å². The molecule has 23 heteroatoms. The van der Waals surface area contributed by atoms with E-state index in [2.05, 4.69) is 0 Å². The standard InChI is InChI=1S/C27H32O6.C24H26O7.2C17H22O5.6CH4/c1-2-27(18-31-24(28)21-12-6-3-7-13-21,19-32-25(29)22-14-8-4-9-15-22)20-33-26(30)23-16-10-5-11-17-23;25-22(18-10-4-1-5-11-18)28-16-21(30-23(26)19-12-6-2-7-13-19)17-29-31-24(27)20-14-8-3-9-15-20;1-13(12-20-16(18)14-8-4-2-5-9-14)21-22-17(19)15-10-6-3-7-11-15;18-16(14-8-3-1-4-9-14)20-12-7-13-21-22-17(19)15-10-5-2-6-11-15;;;;;;/h3-4,6-9,12-15,23H,2,5,10-11,16-20H2,1H3;1,3-5,8-11,14-15,19,21H,2,6-7,12-13,16-17H2;2,4-5,8-9,13,15H,3,6-7,10-12H2,1H3;1,3-4,8-9,15H,2,5-7,10-13H2;6*1H4. The summed E-state index contributed by atoms with van der Waals surface area (Å²) in [5, 5.41) is 0. The maximum atomic E-state index is 12.6. The highest BCUT2D eigenvalue weighted by atomic mass is 17.2. The molecule has 23 nitrogen and oxygen atoms in total. The first kappa shape index (κ1) is 102. The zero-order chi connectivity index (χ0) is 76.8. The third kappa shape index (κ3) is 38.2. The highest BCUT2D eigenvalue weighted by Crippen LogP contribution is 2.31. The van der Waals surface area contributed by atoms with Crippen molar-refractivity contribution < 1.29 is 110 Å². The Bertz CT molecular complexity index is 3580. The largest absolute Gasteiger partial charge is 0.465 e. The monoisotopic (exact) mass is 1590 g/mol. The zero-order valence-corrected chi connectivity index (χ0v) is 61.9. The second-order valence-corrected chi connectivity index (χ2v) is 27.1. The molecule has 0 spiro atoms. The van der Waals surface area contributed by atoms with E-state index in [0.29, 0.717) is 46.2 Å². The van der Waals surface area contributed by atoms with Crippen LogP contribution < -0.4 is 0 Å². The summed E-state index contributed by atoms with van der Waals surface area (Å²) in [6.07, 6.45) is 19.2. The lowest BCUT2D eigenvalue weighted by Gasteiger charge is -2.32. The number of carbonyl (C=O) groups is 10. The van der Waals surface area contributed by atoms with Crippen molar-refractivity contribution in [2.75, 3.05) is 52.9 Å². The van der Waals surface area contributed by atoms with Gasteiger partial charge in [0.15, 0.2) is 6.10 Å². The van der Waals surface area contributed by atoms with Gasteiger partial charge in [0.25, 0.3) is 0 Å². The van der Waals surface area contributed by atoms with Crippen molar-refractivity contribution in [2.24, 2.45) is 29.1 Å². The predicted octanol–water partition coefficient (Wildman–Crippen LogP) is 19.7. The number of hydrogen-bond acceptors (Lipinski definition) is 23. The van der Waals surface area contributed by atoms with Gasteiger partial charge in [0.05, 0.1) is 75.7 Å². The van der Waals surface area contributed by atoms with Crippen LogP contribution in [-0.2, 0) is 81.7 Å². The average molecular weight is 1590 g/mol. The van der Waals surface area contributed by atoms with Crippen LogP contribution in [0.5, 0.6) is 0 Å². The average Bonchev–Trinajstić information content (AvgIpc) is 0.830. The first-order valence-corrected chi connectivity index (χ1v) is 37.7. The van der Waals surface area contributed by atoms with E-state index in [1.807, 2.05) is 31.2 Å². The van der Waals surface area contributed by atoms with Crippen LogP contribution >= 0.6 is 0 Å². The topological polar surface area (TPSA) is 291 Å². The molecule has 4 aliphatic carbocycles. The molecule has 10 rings (SSSR count). The van der Waals surface area contributed by atoms with Crippen LogP contribution in [0.2, 0.25) is 0 Å². The van der Waals surface area contributed by atoms with Gasteiger partial charge in [-0.3, -0.25) is 24.3 Å². The second kappa shape index (κ2) is 58.7. The molecule has 2 unspecified atom stereocenters. The fourth-order valence-corrected chi connectivity index (χ4v) is 12.1. The number of rotatable bonds is 32. The molecule has 0 aromatic heterocycles. The molecule has 114 heavy (non-hydrogen) atoms. The summed E-state index contributed by atoms with van der Waals surface area (Å²) in [5.74, 6) is -4.45. The van der Waals surface area contributed by atoms with Crippen molar-refractivity contribution in [2.45, 2.75) is 212 Å². The van der Waals surface area contributed by atoms with E-state index in [1.165, 1.54) is 12.8 Å². The predicted molar refractivity (Wildman–Crippen MR) is 435 cm³/mol. The maximum Gasteiger partial charge on any atom is 0.373 e. The Balaban J connectivity index is 0.000000758. The van der Waals surface area contributed by atoms with Gasteiger partial charge in [-0.15, -0.1) is 0 Å². The summed E-state index contributed by atoms with van der Waals surface area (Å²) in [6, 6.07) is 51.8. The molecule has 4 fully saturated rings. The summed E-state index contributed by atoms with van der Waals surface area (Å²) >= 11 is 0. The van der Waals surface area contributed by atoms with Crippen LogP contribution in [0, 0.1) is 29.1 Å². The van der Waals surface area contributed by atoms with E-state index in [-0.39, 0.29) is 151 Å². The molecule has 4 saturated carbocycles. The van der Waals surface area contributed by atoms with Gasteiger partial charge in [-0.1, -0.05) is 238 Å². The fourth-order valence-electron chi connectivity index (χ4n) is 12.1. The highest BCUT2D eigenvalue weighted by molar-refractivity contribution is 5.92. The summed E-state index contributed by atoms with van der Waals surface area (Å²) < 4.78 is 37.9. The lowest BCUT2D eigenvalue weighted by molar-refractivity contribution is -0.302. The molecule has 0 heterocycles. The maximum absolute atomic E-state index is 12.6. The normalized spacial score (nSPS) is 14.4. The first-order chi connectivity index (χ1) is 52.6. The molecular weight excluding hydrogens is 1460 g/mol. The summed E-state index contributed by atoms with van der Waals surface area (Å²) in [6.45, 7) is 3.57. The Labute approximate surface area is 676 Å². The first-order valence-electron chi connectivity index (χ1n) is 37.7. The fraction of sp³-hybridized carbons (Fsp3) is 0.495. The Kier molecular flexibility index (Phi) is 52.5. The van der Waals surface area contributed by atoms with Crippen molar-refractivity contribution in [3.63, 3.8) is 0 Å². The van der Waals surface area contributed by atoms with Gasteiger partial charge in [0.2, 0.25) is 0 Å². The lowest BCUT2D eigenvalue weighted by atomic mass is 9.87. The van der Waals surface area contributed by atoms with Crippen LogP contribution in [0.3, 0.4) is 0 Å². The molecule has 0 bridgehead atoms. The molecule has 6 aromatic rings.